The van der Waals surface area contributed by atoms with Gasteiger partial charge in [-0.15, -0.1) is 0 Å². The van der Waals surface area contributed by atoms with Crippen molar-refractivity contribution in [3.63, 3.8) is 0 Å². The van der Waals surface area contributed by atoms with Gasteiger partial charge in [0.15, 0.2) is 0 Å². The summed E-state index contributed by atoms with van der Waals surface area (Å²) in [5.74, 6) is -0.300. The highest BCUT2D eigenvalue weighted by molar-refractivity contribution is 6.30. The van der Waals surface area contributed by atoms with Gasteiger partial charge in [0.1, 0.15) is 5.82 Å². The molecule has 0 aliphatic carbocycles. The molecule has 0 saturated heterocycles. The molecule has 0 heterocycles. The maximum Gasteiger partial charge on any atom is 0.129 e. The van der Waals surface area contributed by atoms with E-state index in [1.54, 1.807) is 24.3 Å². The number of nitrogens with two attached hydrogens (primary N) is 1. The van der Waals surface area contributed by atoms with Gasteiger partial charge in [0.05, 0.1) is 0 Å². The Morgan fingerprint density at radius 2 is 1.82 bits per heavy atom. The summed E-state index contributed by atoms with van der Waals surface area (Å²) in [4.78, 5) is 0. The van der Waals surface area contributed by atoms with Crippen molar-refractivity contribution in [2.24, 2.45) is 5.73 Å². The van der Waals surface area contributed by atoms with Crippen molar-refractivity contribution in [1.82, 2.24) is 0 Å². The molecule has 0 aliphatic rings. The minimum Gasteiger partial charge on any atom is -0.355 e. The van der Waals surface area contributed by atoms with Crippen LogP contribution in [0.2, 0.25) is 5.02 Å². The van der Waals surface area contributed by atoms with Crippen molar-refractivity contribution in [3.05, 3.63) is 58.9 Å². The smallest absolute Gasteiger partial charge is 0.129 e. The molecule has 0 aliphatic heterocycles. The fourth-order valence-corrected chi connectivity index (χ4v) is 1.70. The van der Waals surface area contributed by atoms with Gasteiger partial charge >= 0.3 is 0 Å². The molecular formula is C13H12ClFN2. The van der Waals surface area contributed by atoms with E-state index in [-0.39, 0.29) is 12.4 Å². The van der Waals surface area contributed by atoms with Crippen LogP contribution >= 0.6 is 11.6 Å². The molecule has 0 saturated carbocycles. The zero-order valence-corrected chi connectivity index (χ0v) is 9.84. The van der Waals surface area contributed by atoms with Crippen molar-refractivity contribution < 1.29 is 4.39 Å². The lowest BCUT2D eigenvalue weighted by molar-refractivity contribution is 0.611. The van der Waals surface area contributed by atoms with Crippen molar-refractivity contribution in [2.45, 2.75) is 6.54 Å². The monoisotopic (exact) mass is 250 g/mol. The van der Waals surface area contributed by atoms with Crippen LogP contribution in [-0.4, -0.2) is 0 Å². The van der Waals surface area contributed by atoms with Gasteiger partial charge in [0.2, 0.25) is 0 Å². The number of rotatable bonds is 3. The maximum absolute atomic E-state index is 13.5. The summed E-state index contributed by atoms with van der Waals surface area (Å²) in [6.45, 7) is 0.155. The van der Waals surface area contributed by atoms with Gasteiger partial charge in [-0.25, -0.2) is 4.39 Å². The molecule has 2 aromatic rings. The van der Waals surface area contributed by atoms with Gasteiger partial charge in [-0.3, -0.25) is 0 Å². The first-order valence-corrected chi connectivity index (χ1v) is 5.58. The third-order valence-corrected chi connectivity index (χ3v) is 2.70. The van der Waals surface area contributed by atoms with Crippen LogP contribution in [0.25, 0.3) is 0 Å². The van der Waals surface area contributed by atoms with E-state index in [2.05, 4.69) is 5.32 Å². The van der Waals surface area contributed by atoms with E-state index in [4.69, 9.17) is 17.3 Å². The van der Waals surface area contributed by atoms with Crippen molar-refractivity contribution >= 4 is 23.0 Å². The minimum absolute atomic E-state index is 0.155. The van der Waals surface area contributed by atoms with Gasteiger partial charge in [-0.2, -0.15) is 0 Å². The quantitative estimate of drug-likeness (QED) is 0.872. The van der Waals surface area contributed by atoms with E-state index in [0.29, 0.717) is 16.3 Å². The third kappa shape index (κ3) is 2.75. The van der Waals surface area contributed by atoms with E-state index in [0.717, 1.165) is 5.69 Å². The predicted octanol–water partition coefficient (Wildman–Crippen LogP) is 3.68. The van der Waals surface area contributed by atoms with Gasteiger partial charge in [0.25, 0.3) is 0 Å². The normalized spacial score (nSPS) is 10.3. The molecule has 0 unspecified atom stereocenters. The Labute approximate surface area is 104 Å². The highest BCUT2D eigenvalue weighted by Gasteiger charge is 2.06. The van der Waals surface area contributed by atoms with Gasteiger partial charge < -0.3 is 11.1 Å². The fraction of sp³-hybridized carbons (Fsp3) is 0.0769. The number of hydrogen-bond donors (Lipinski definition) is 2. The molecule has 0 aromatic heterocycles. The standard InChI is InChI=1S/C13H12ClFN2/c14-9-4-6-10(7-5-9)17-13-3-1-2-12(15)11(13)8-16/h1-7,17H,8,16H2. The van der Waals surface area contributed by atoms with Crippen LogP contribution in [0.1, 0.15) is 5.56 Å². The van der Waals surface area contributed by atoms with Gasteiger partial charge in [-0.05, 0) is 36.4 Å². The molecule has 0 spiro atoms. The van der Waals surface area contributed by atoms with Crippen LogP contribution < -0.4 is 11.1 Å². The Balaban J connectivity index is 2.29. The summed E-state index contributed by atoms with van der Waals surface area (Å²) in [5.41, 5.74) is 7.52. The molecule has 0 amide bonds. The summed E-state index contributed by atoms with van der Waals surface area (Å²) >= 11 is 5.79. The minimum atomic E-state index is -0.300. The van der Waals surface area contributed by atoms with Crippen LogP contribution in [0, 0.1) is 5.82 Å². The average molecular weight is 251 g/mol. The largest absolute Gasteiger partial charge is 0.355 e. The third-order valence-electron chi connectivity index (χ3n) is 2.45. The van der Waals surface area contributed by atoms with E-state index in [1.165, 1.54) is 6.07 Å². The molecule has 4 heteroatoms. The molecular weight excluding hydrogens is 239 g/mol. The van der Waals surface area contributed by atoms with Crippen LogP contribution in [0.15, 0.2) is 42.5 Å². The fourth-order valence-electron chi connectivity index (χ4n) is 1.57. The Morgan fingerprint density at radius 1 is 1.12 bits per heavy atom. The van der Waals surface area contributed by atoms with E-state index in [1.807, 2.05) is 12.1 Å². The van der Waals surface area contributed by atoms with Crippen LogP contribution in [-0.2, 0) is 6.54 Å². The molecule has 17 heavy (non-hydrogen) atoms. The van der Waals surface area contributed by atoms with Gasteiger partial charge in [-0.1, -0.05) is 17.7 Å². The summed E-state index contributed by atoms with van der Waals surface area (Å²) in [6, 6.07) is 12.0. The van der Waals surface area contributed by atoms with Gasteiger partial charge in [0, 0.05) is 28.5 Å². The lowest BCUT2D eigenvalue weighted by Crippen LogP contribution is -2.04. The first kappa shape index (κ1) is 11.9. The molecule has 88 valence electrons. The zero-order chi connectivity index (χ0) is 12.3. The summed E-state index contributed by atoms with van der Waals surface area (Å²) < 4.78 is 13.5. The second-order valence-corrected chi connectivity index (χ2v) is 4.04. The molecule has 0 fully saturated rings. The van der Waals surface area contributed by atoms with Crippen molar-refractivity contribution in [3.8, 4) is 0 Å². The van der Waals surface area contributed by atoms with Crippen molar-refractivity contribution in [2.75, 3.05) is 5.32 Å². The van der Waals surface area contributed by atoms with Crippen LogP contribution in [0.3, 0.4) is 0 Å². The Bertz CT molecular complexity index is 511. The predicted molar refractivity (Wildman–Crippen MR) is 69.0 cm³/mol. The molecule has 2 aromatic carbocycles. The number of halogens is 2. The second kappa shape index (κ2) is 5.17. The van der Waals surface area contributed by atoms with E-state index < -0.39 is 0 Å². The highest BCUT2D eigenvalue weighted by atomic mass is 35.5. The highest BCUT2D eigenvalue weighted by Crippen LogP contribution is 2.23. The summed E-state index contributed by atoms with van der Waals surface area (Å²) in [5, 5.41) is 3.77. The Morgan fingerprint density at radius 3 is 2.47 bits per heavy atom. The molecule has 2 rings (SSSR count). The first-order valence-electron chi connectivity index (χ1n) is 5.21. The SMILES string of the molecule is NCc1c(F)cccc1Nc1ccc(Cl)cc1. The van der Waals surface area contributed by atoms with Crippen LogP contribution in [0.5, 0.6) is 0 Å². The number of anilines is 2. The zero-order valence-electron chi connectivity index (χ0n) is 9.08. The summed E-state index contributed by atoms with van der Waals surface area (Å²) in [7, 11) is 0. The lowest BCUT2D eigenvalue weighted by Gasteiger charge is -2.11. The number of nitrogens with one attached hydrogen (secondary N) is 1. The molecule has 0 atom stereocenters. The molecule has 3 N–H and O–H groups in total. The molecule has 0 radical (unpaired) electrons. The van der Waals surface area contributed by atoms with E-state index in [9.17, 15) is 4.39 Å². The number of benzene rings is 2. The van der Waals surface area contributed by atoms with Crippen molar-refractivity contribution in [1.29, 1.82) is 0 Å². The summed E-state index contributed by atoms with van der Waals surface area (Å²) in [6.07, 6.45) is 0. The average Bonchev–Trinajstić information content (AvgIpc) is 2.32. The topological polar surface area (TPSA) is 38.0 Å². The van der Waals surface area contributed by atoms with E-state index >= 15 is 0 Å². The molecule has 0 bridgehead atoms. The Hall–Kier alpha value is -1.58. The second-order valence-electron chi connectivity index (χ2n) is 3.60. The first-order chi connectivity index (χ1) is 8.20. The van der Waals surface area contributed by atoms with Crippen LogP contribution in [0.4, 0.5) is 15.8 Å². The number of hydrogen-bond acceptors (Lipinski definition) is 2. The lowest BCUT2D eigenvalue weighted by atomic mass is 10.1. The Kier molecular flexibility index (Phi) is 3.61. The maximum atomic E-state index is 13.5. The molecule has 2 nitrogen and oxygen atoms in total.